The highest BCUT2D eigenvalue weighted by Gasteiger charge is 2.16. The Hall–Kier alpha value is -2.21. The summed E-state index contributed by atoms with van der Waals surface area (Å²) >= 11 is 5.61. The fraction of sp³-hybridized carbons (Fsp3) is 0.143. The SMILES string of the molecule is O=[N+]([O-])c1cc(CCl)ccc1OCc1cc(F)ccc1F. The van der Waals surface area contributed by atoms with E-state index in [2.05, 4.69) is 0 Å². The molecule has 2 aromatic rings. The van der Waals surface area contributed by atoms with Crippen LogP contribution in [-0.4, -0.2) is 4.92 Å². The van der Waals surface area contributed by atoms with Crippen molar-refractivity contribution in [2.45, 2.75) is 12.5 Å². The molecule has 4 nitrogen and oxygen atoms in total. The second-order valence-corrected chi connectivity index (χ2v) is 4.48. The second kappa shape index (κ2) is 6.49. The predicted octanol–water partition coefficient (Wildman–Crippen LogP) is 4.19. The summed E-state index contributed by atoms with van der Waals surface area (Å²) in [5.74, 6) is -1.16. The Balaban J connectivity index is 2.23. The van der Waals surface area contributed by atoms with Gasteiger partial charge in [0, 0.05) is 17.5 Å². The van der Waals surface area contributed by atoms with Gasteiger partial charge >= 0.3 is 5.69 Å². The maximum atomic E-state index is 13.5. The third-order valence-electron chi connectivity index (χ3n) is 2.77. The standard InChI is InChI=1S/C14H10ClF2NO3/c15-7-9-1-4-14(13(5-9)18(19)20)21-8-10-6-11(16)2-3-12(10)17/h1-6H,7-8H2. The molecule has 2 aromatic carbocycles. The zero-order valence-corrected chi connectivity index (χ0v) is 11.4. The Kier molecular flexibility index (Phi) is 4.70. The molecule has 0 aliphatic rings. The number of hydrogen-bond acceptors (Lipinski definition) is 3. The lowest BCUT2D eigenvalue weighted by molar-refractivity contribution is -0.386. The first-order valence-corrected chi connectivity index (χ1v) is 6.44. The van der Waals surface area contributed by atoms with Crippen LogP contribution < -0.4 is 4.74 Å². The summed E-state index contributed by atoms with van der Waals surface area (Å²) in [6.07, 6.45) is 0. The fourth-order valence-electron chi connectivity index (χ4n) is 1.72. The molecule has 0 aliphatic carbocycles. The van der Waals surface area contributed by atoms with E-state index in [1.54, 1.807) is 6.07 Å². The van der Waals surface area contributed by atoms with E-state index in [1.165, 1.54) is 12.1 Å². The smallest absolute Gasteiger partial charge is 0.311 e. The van der Waals surface area contributed by atoms with Crippen LogP contribution >= 0.6 is 11.6 Å². The van der Waals surface area contributed by atoms with Gasteiger partial charge in [-0.25, -0.2) is 8.78 Å². The summed E-state index contributed by atoms with van der Waals surface area (Å²) in [5, 5.41) is 11.0. The van der Waals surface area contributed by atoms with E-state index in [4.69, 9.17) is 16.3 Å². The molecule has 7 heteroatoms. The molecule has 0 radical (unpaired) electrons. The summed E-state index contributed by atoms with van der Waals surface area (Å²) in [6.45, 7) is -0.315. The van der Waals surface area contributed by atoms with E-state index >= 15 is 0 Å². The van der Waals surface area contributed by atoms with Gasteiger partial charge in [0.05, 0.1) is 4.92 Å². The molecule has 0 bridgehead atoms. The highest BCUT2D eigenvalue weighted by atomic mass is 35.5. The Labute approximate surface area is 124 Å². The summed E-state index contributed by atoms with van der Waals surface area (Å²) in [6, 6.07) is 7.17. The minimum absolute atomic E-state index is 0.0225. The number of rotatable bonds is 5. The first-order valence-electron chi connectivity index (χ1n) is 5.91. The van der Waals surface area contributed by atoms with Crippen molar-refractivity contribution in [2.24, 2.45) is 0 Å². The number of halogens is 3. The van der Waals surface area contributed by atoms with Gasteiger partial charge in [-0.15, -0.1) is 11.6 Å². The molecular formula is C14H10ClF2NO3. The minimum atomic E-state index is -0.642. The fourth-order valence-corrected chi connectivity index (χ4v) is 1.89. The lowest BCUT2D eigenvalue weighted by Crippen LogP contribution is -2.02. The van der Waals surface area contributed by atoms with Crippen LogP contribution in [0.5, 0.6) is 5.75 Å². The highest BCUT2D eigenvalue weighted by molar-refractivity contribution is 6.17. The lowest BCUT2D eigenvalue weighted by atomic mass is 10.2. The first-order chi connectivity index (χ1) is 10.0. The number of nitrogens with zero attached hydrogens (tertiary/aromatic N) is 1. The van der Waals surface area contributed by atoms with Gasteiger partial charge in [-0.2, -0.15) is 0 Å². The average molecular weight is 314 g/mol. The zero-order chi connectivity index (χ0) is 15.4. The van der Waals surface area contributed by atoms with Gasteiger partial charge in [0.1, 0.15) is 18.2 Å². The van der Waals surface area contributed by atoms with Gasteiger partial charge in [-0.05, 0) is 29.8 Å². The van der Waals surface area contributed by atoms with Crippen molar-refractivity contribution in [1.82, 2.24) is 0 Å². The molecule has 0 unspecified atom stereocenters. The van der Waals surface area contributed by atoms with Crippen molar-refractivity contribution in [3.63, 3.8) is 0 Å². The Morgan fingerprint density at radius 2 is 1.95 bits per heavy atom. The normalized spacial score (nSPS) is 10.4. The average Bonchev–Trinajstić information content (AvgIpc) is 2.48. The van der Waals surface area contributed by atoms with Crippen molar-refractivity contribution < 1.29 is 18.4 Å². The van der Waals surface area contributed by atoms with E-state index in [0.29, 0.717) is 5.56 Å². The van der Waals surface area contributed by atoms with Crippen molar-refractivity contribution in [3.8, 4) is 5.75 Å². The van der Waals surface area contributed by atoms with E-state index in [1.807, 2.05) is 0 Å². The van der Waals surface area contributed by atoms with Gasteiger partial charge in [-0.3, -0.25) is 10.1 Å². The number of nitro benzene ring substituents is 1. The van der Waals surface area contributed by atoms with Crippen LogP contribution in [0.25, 0.3) is 0 Å². The van der Waals surface area contributed by atoms with E-state index in [-0.39, 0.29) is 29.5 Å². The molecule has 0 spiro atoms. The number of nitro groups is 1. The molecule has 0 atom stereocenters. The van der Waals surface area contributed by atoms with E-state index in [9.17, 15) is 18.9 Å². The highest BCUT2D eigenvalue weighted by Crippen LogP contribution is 2.29. The molecule has 110 valence electrons. The largest absolute Gasteiger partial charge is 0.482 e. The molecule has 2 rings (SSSR count). The van der Waals surface area contributed by atoms with Crippen molar-refractivity contribution in [1.29, 1.82) is 0 Å². The topological polar surface area (TPSA) is 52.4 Å². The van der Waals surface area contributed by atoms with Crippen LogP contribution in [0.2, 0.25) is 0 Å². The van der Waals surface area contributed by atoms with Crippen molar-refractivity contribution in [2.75, 3.05) is 0 Å². The van der Waals surface area contributed by atoms with Gasteiger partial charge in [0.2, 0.25) is 0 Å². The van der Waals surface area contributed by atoms with Gasteiger partial charge in [0.25, 0.3) is 0 Å². The van der Waals surface area contributed by atoms with Crippen molar-refractivity contribution in [3.05, 3.63) is 69.3 Å². The van der Waals surface area contributed by atoms with Gasteiger partial charge in [-0.1, -0.05) is 6.07 Å². The molecule has 0 aromatic heterocycles. The Bertz CT molecular complexity index is 679. The summed E-state index contributed by atoms with van der Waals surface area (Å²) in [5.41, 5.74) is 0.267. The maximum Gasteiger partial charge on any atom is 0.311 e. The number of hydrogen-bond donors (Lipinski definition) is 0. The summed E-state index contributed by atoms with van der Waals surface area (Å²) < 4.78 is 31.7. The Morgan fingerprint density at radius 3 is 2.62 bits per heavy atom. The zero-order valence-electron chi connectivity index (χ0n) is 10.7. The molecule has 0 heterocycles. The van der Waals surface area contributed by atoms with Crippen LogP contribution in [0, 0.1) is 21.7 Å². The van der Waals surface area contributed by atoms with Crippen LogP contribution in [0.4, 0.5) is 14.5 Å². The number of ether oxygens (including phenoxy) is 1. The third kappa shape index (κ3) is 3.66. The predicted molar refractivity (Wildman–Crippen MR) is 73.3 cm³/mol. The number of benzene rings is 2. The first kappa shape index (κ1) is 15.2. The molecule has 0 N–H and O–H groups in total. The van der Waals surface area contributed by atoms with Gasteiger partial charge in [0.15, 0.2) is 5.75 Å². The molecule has 0 aliphatic heterocycles. The Morgan fingerprint density at radius 1 is 1.19 bits per heavy atom. The van der Waals surface area contributed by atoms with Crippen LogP contribution in [-0.2, 0) is 12.5 Å². The monoisotopic (exact) mass is 313 g/mol. The third-order valence-corrected chi connectivity index (χ3v) is 3.07. The molecule has 0 saturated heterocycles. The summed E-state index contributed by atoms with van der Waals surface area (Å²) in [4.78, 5) is 10.4. The molecule has 0 fully saturated rings. The van der Waals surface area contributed by atoms with Gasteiger partial charge < -0.3 is 4.74 Å². The quantitative estimate of drug-likeness (QED) is 0.472. The molecule has 0 saturated carbocycles. The van der Waals surface area contributed by atoms with Crippen LogP contribution in [0.15, 0.2) is 36.4 Å². The second-order valence-electron chi connectivity index (χ2n) is 4.22. The molecule has 0 amide bonds. The van der Waals surface area contributed by atoms with E-state index < -0.39 is 16.6 Å². The lowest BCUT2D eigenvalue weighted by Gasteiger charge is -2.08. The van der Waals surface area contributed by atoms with Crippen LogP contribution in [0.3, 0.4) is 0 Å². The summed E-state index contributed by atoms with van der Waals surface area (Å²) in [7, 11) is 0. The maximum absolute atomic E-state index is 13.5. The minimum Gasteiger partial charge on any atom is -0.482 e. The molecule has 21 heavy (non-hydrogen) atoms. The number of alkyl halides is 1. The van der Waals surface area contributed by atoms with Crippen molar-refractivity contribution >= 4 is 17.3 Å². The molecular weight excluding hydrogens is 304 g/mol. The van der Waals surface area contributed by atoms with E-state index in [0.717, 1.165) is 18.2 Å². The van der Waals surface area contributed by atoms with Crippen LogP contribution in [0.1, 0.15) is 11.1 Å².